The highest BCUT2D eigenvalue weighted by atomic mass is 79.9. The molecule has 0 atom stereocenters. The molecule has 1 aromatic heterocycles. The van der Waals surface area contributed by atoms with E-state index < -0.39 is 0 Å². The lowest BCUT2D eigenvalue weighted by molar-refractivity contribution is 0.0527. The molecule has 0 bridgehead atoms. The third-order valence-corrected chi connectivity index (χ3v) is 6.26. The number of fused-ring (bicyclic) bond motifs is 1. The van der Waals surface area contributed by atoms with Gasteiger partial charge in [-0.25, -0.2) is 4.79 Å². The Balaban J connectivity index is 1.87. The van der Waals surface area contributed by atoms with Crippen LogP contribution in [0.25, 0.3) is 0 Å². The summed E-state index contributed by atoms with van der Waals surface area (Å²) in [6.45, 7) is 2.60. The summed E-state index contributed by atoms with van der Waals surface area (Å²) in [5.74, 6) is -0.0634. The Morgan fingerprint density at radius 2 is 2.17 bits per heavy atom. The van der Waals surface area contributed by atoms with E-state index in [1.165, 1.54) is 4.88 Å². The molecule has 2 aromatic rings. The summed E-state index contributed by atoms with van der Waals surface area (Å²) >= 11 is 8.38. The van der Waals surface area contributed by atoms with Crippen LogP contribution in [0.3, 0.4) is 0 Å². The highest BCUT2D eigenvalue weighted by Crippen LogP contribution is 2.40. The molecule has 4 nitrogen and oxygen atoms in total. The number of ether oxygens (including phenoxy) is 1. The minimum absolute atomic E-state index is 0.201. The second-order valence-electron chi connectivity index (χ2n) is 5.53. The van der Waals surface area contributed by atoms with Crippen molar-refractivity contribution in [3.63, 3.8) is 0 Å². The number of rotatable bonds is 5. The van der Waals surface area contributed by atoms with Gasteiger partial charge >= 0.3 is 5.97 Å². The van der Waals surface area contributed by atoms with Gasteiger partial charge in [0.25, 0.3) is 0 Å². The molecule has 2 N–H and O–H groups in total. The molecule has 0 fully saturated rings. The van der Waals surface area contributed by atoms with E-state index in [0.717, 1.165) is 39.9 Å². The van der Waals surface area contributed by atoms with Crippen molar-refractivity contribution >= 4 is 54.2 Å². The van der Waals surface area contributed by atoms with Crippen molar-refractivity contribution in [2.24, 2.45) is 0 Å². The number of esters is 1. The van der Waals surface area contributed by atoms with E-state index in [-0.39, 0.29) is 11.7 Å². The summed E-state index contributed by atoms with van der Waals surface area (Å²) in [5.41, 5.74) is 2.54. The SMILES string of the molecule is CCOC(=O)c1c(NCc2cc(Br)cc(Br)c2O)sc2c1CCC2. The Morgan fingerprint density at radius 1 is 1.38 bits per heavy atom. The van der Waals surface area contributed by atoms with Crippen molar-refractivity contribution in [3.8, 4) is 5.75 Å². The van der Waals surface area contributed by atoms with Gasteiger partial charge in [0.2, 0.25) is 0 Å². The molecule has 7 heteroatoms. The van der Waals surface area contributed by atoms with Gasteiger partial charge in [0.15, 0.2) is 0 Å². The van der Waals surface area contributed by atoms with Crippen molar-refractivity contribution in [2.45, 2.75) is 32.7 Å². The first-order chi connectivity index (χ1) is 11.5. The number of nitrogens with one attached hydrogen (secondary N) is 1. The van der Waals surface area contributed by atoms with Crippen LogP contribution in [-0.2, 0) is 24.1 Å². The fourth-order valence-electron chi connectivity index (χ4n) is 2.88. The molecule has 1 aliphatic carbocycles. The van der Waals surface area contributed by atoms with Crippen molar-refractivity contribution < 1.29 is 14.6 Å². The molecular formula is C17H17Br2NO3S. The normalized spacial score (nSPS) is 13.0. The molecular weight excluding hydrogens is 458 g/mol. The first-order valence-electron chi connectivity index (χ1n) is 7.73. The topological polar surface area (TPSA) is 58.6 Å². The van der Waals surface area contributed by atoms with Crippen LogP contribution in [0.1, 0.15) is 39.7 Å². The molecule has 1 aromatic carbocycles. The maximum atomic E-state index is 12.4. The molecule has 1 heterocycles. The smallest absolute Gasteiger partial charge is 0.341 e. The van der Waals surface area contributed by atoms with Crippen LogP contribution >= 0.6 is 43.2 Å². The van der Waals surface area contributed by atoms with Gasteiger partial charge in [0.1, 0.15) is 10.8 Å². The number of anilines is 1. The summed E-state index contributed by atoms with van der Waals surface area (Å²) in [6.07, 6.45) is 3.03. The van der Waals surface area contributed by atoms with Crippen molar-refractivity contribution in [1.29, 1.82) is 0 Å². The Morgan fingerprint density at radius 3 is 2.92 bits per heavy atom. The number of hydrogen-bond donors (Lipinski definition) is 2. The molecule has 0 unspecified atom stereocenters. The van der Waals surface area contributed by atoms with Crippen LogP contribution in [-0.4, -0.2) is 17.7 Å². The van der Waals surface area contributed by atoms with E-state index in [0.29, 0.717) is 23.2 Å². The number of hydrogen-bond acceptors (Lipinski definition) is 5. The lowest BCUT2D eigenvalue weighted by Gasteiger charge is -2.11. The van der Waals surface area contributed by atoms with Gasteiger partial charge in [0, 0.05) is 21.5 Å². The van der Waals surface area contributed by atoms with Gasteiger partial charge in [0.05, 0.1) is 16.6 Å². The average molecular weight is 475 g/mol. The molecule has 24 heavy (non-hydrogen) atoms. The quantitative estimate of drug-likeness (QED) is 0.580. The third-order valence-electron chi connectivity index (χ3n) is 3.95. The van der Waals surface area contributed by atoms with Crippen molar-refractivity contribution in [2.75, 3.05) is 11.9 Å². The fraction of sp³-hybridized carbons (Fsp3) is 0.353. The van der Waals surface area contributed by atoms with Crippen LogP contribution in [0.2, 0.25) is 0 Å². The van der Waals surface area contributed by atoms with Crippen LogP contribution < -0.4 is 5.32 Å². The molecule has 0 amide bonds. The van der Waals surface area contributed by atoms with Gasteiger partial charge < -0.3 is 15.2 Å². The summed E-state index contributed by atoms with van der Waals surface area (Å²) in [6, 6.07) is 3.65. The Labute approximate surface area is 161 Å². The lowest BCUT2D eigenvalue weighted by Crippen LogP contribution is -2.10. The number of aromatic hydroxyl groups is 1. The molecule has 0 saturated carbocycles. The molecule has 3 rings (SSSR count). The Hall–Kier alpha value is -1.05. The Bertz CT molecular complexity index is 789. The van der Waals surface area contributed by atoms with E-state index in [2.05, 4.69) is 37.2 Å². The highest BCUT2D eigenvalue weighted by Gasteiger charge is 2.27. The Kier molecular flexibility index (Phi) is 5.52. The first-order valence-corrected chi connectivity index (χ1v) is 10.1. The van der Waals surface area contributed by atoms with Crippen molar-refractivity contribution in [1.82, 2.24) is 0 Å². The van der Waals surface area contributed by atoms with Gasteiger partial charge in [-0.3, -0.25) is 0 Å². The van der Waals surface area contributed by atoms with Crippen molar-refractivity contribution in [3.05, 3.63) is 42.6 Å². The molecule has 0 saturated heterocycles. The number of phenols is 1. The number of aryl methyl sites for hydroxylation is 1. The summed E-state index contributed by atoms with van der Waals surface area (Å²) in [5, 5.41) is 14.3. The summed E-state index contributed by atoms with van der Waals surface area (Å²) < 4.78 is 6.74. The van der Waals surface area contributed by atoms with Crippen LogP contribution in [0, 0.1) is 0 Å². The largest absolute Gasteiger partial charge is 0.506 e. The van der Waals surface area contributed by atoms with Gasteiger partial charge in [-0.1, -0.05) is 15.9 Å². The third kappa shape index (κ3) is 3.48. The molecule has 0 spiro atoms. The lowest BCUT2D eigenvalue weighted by atomic mass is 10.1. The number of thiophene rings is 1. The maximum Gasteiger partial charge on any atom is 0.341 e. The predicted octanol–water partition coefficient (Wildman–Crippen LogP) is 5.26. The number of benzene rings is 1. The van der Waals surface area contributed by atoms with Crippen LogP contribution in [0.5, 0.6) is 5.75 Å². The zero-order valence-corrected chi connectivity index (χ0v) is 17.1. The van der Waals surface area contributed by atoms with Crippen LogP contribution in [0.4, 0.5) is 5.00 Å². The van der Waals surface area contributed by atoms with E-state index in [4.69, 9.17) is 4.74 Å². The predicted molar refractivity (Wildman–Crippen MR) is 103 cm³/mol. The molecule has 0 radical (unpaired) electrons. The maximum absolute atomic E-state index is 12.4. The average Bonchev–Trinajstić information content (AvgIpc) is 3.09. The number of phenolic OH excluding ortho intramolecular Hbond substituents is 1. The molecule has 1 aliphatic rings. The minimum atomic E-state index is -0.265. The zero-order chi connectivity index (χ0) is 17.3. The fourth-order valence-corrected chi connectivity index (χ4v) is 5.46. The molecule has 128 valence electrons. The first kappa shape index (κ1) is 17.8. The van der Waals surface area contributed by atoms with Gasteiger partial charge in [-0.2, -0.15) is 0 Å². The highest BCUT2D eigenvalue weighted by molar-refractivity contribution is 9.11. The summed E-state index contributed by atoms with van der Waals surface area (Å²) in [4.78, 5) is 13.6. The number of carbonyl (C=O) groups excluding carboxylic acids is 1. The van der Waals surface area contributed by atoms with E-state index >= 15 is 0 Å². The van der Waals surface area contributed by atoms with E-state index in [9.17, 15) is 9.90 Å². The monoisotopic (exact) mass is 473 g/mol. The summed E-state index contributed by atoms with van der Waals surface area (Å²) in [7, 11) is 0. The molecule has 0 aliphatic heterocycles. The zero-order valence-electron chi connectivity index (χ0n) is 13.1. The minimum Gasteiger partial charge on any atom is -0.506 e. The second-order valence-corrected chi connectivity index (χ2v) is 8.41. The number of carbonyl (C=O) groups is 1. The standard InChI is InChI=1S/C17H17Br2NO3S/c1-2-23-17(22)14-11-4-3-5-13(11)24-16(14)20-8-9-6-10(18)7-12(19)15(9)21/h6-7,20-21H,2-5,8H2,1H3. The van der Waals surface area contributed by atoms with Gasteiger partial charge in [-0.05, 0) is 59.8 Å². The van der Waals surface area contributed by atoms with E-state index in [1.54, 1.807) is 17.4 Å². The second kappa shape index (κ2) is 7.45. The van der Waals surface area contributed by atoms with E-state index in [1.807, 2.05) is 13.0 Å². The van der Waals surface area contributed by atoms with Crippen LogP contribution in [0.15, 0.2) is 21.1 Å². The number of halogens is 2. The van der Waals surface area contributed by atoms with Gasteiger partial charge in [-0.15, -0.1) is 11.3 Å².